The number of hydrogen-bond donors (Lipinski definition) is 1. The average molecular weight is 254 g/mol. The van der Waals surface area contributed by atoms with Crippen molar-refractivity contribution in [3.8, 4) is 0 Å². The summed E-state index contributed by atoms with van der Waals surface area (Å²) in [6.45, 7) is 10.7. The summed E-state index contributed by atoms with van der Waals surface area (Å²) in [6.07, 6.45) is 11.2. The van der Waals surface area contributed by atoms with Gasteiger partial charge in [0, 0.05) is 12.1 Å². The van der Waals surface area contributed by atoms with Crippen LogP contribution >= 0.6 is 0 Å². The lowest BCUT2D eigenvalue weighted by atomic mass is 10.1. The highest BCUT2D eigenvalue weighted by atomic mass is 15.1. The molecule has 2 heteroatoms. The predicted molar refractivity (Wildman–Crippen MR) is 81.1 cm³/mol. The molecular weight excluding hydrogens is 220 g/mol. The van der Waals surface area contributed by atoms with E-state index in [9.17, 15) is 0 Å². The first-order valence-electron chi connectivity index (χ1n) is 8.21. The Bertz CT molecular complexity index is 192. The minimum Gasteiger partial charge on any atom is -0.315 e. The molecule has 0 radical (unpaired) electrons. The lowest BCUT2D eigenvalue weighted by Gasteiger charge is -2.29. The van der Waals surface area contributed by atoms with Crippen LogP contribution in [0.15, 0.2) is 0 Å². The zero-order valence-corrected chi connectivity index (χ0v) is 12.9. The Morgan fingerprint density at radius 2 is 1.94 bits per heavy atom. The van der Waals surface area contributed by atoms with Gasteiger partial charge in [-0.1, -0.05) is 40.0 Å². The molecule has 1 aliphatic heterocycles. The minimum atomic E-state index is 0.639. The van der Waals surface area contributed by atoms with Crippen LogP contribution in [0.3, 0.4) is 0 Å². The molecule has 1 atom stereocenters. The van der Waals surface area contributed by atoms with Crippen LogP contribution in [0.4, 0.5) is 0 Å². The van der Waals surface area contributed by atoms with Gasteiger partial charge >= 0.3 is 0 Å². The monoisotopic (exact) mass is 254 g/mol. The summed E-state index contributed by atoms with van der Waals surface area (Å²) in [5, 5.41) is 3.50. The molecule has 0 aromatic heterocycles. The smallest absolute Gasteiger partial charge is 0.00926 e. The van der Waals surface area contributed by atoms with E-state index in [4.69, 9.17) is 0 Å². The molecule has 0 saturated carbocycles. The molecule has 18 heavy (non-hydrogen) atoms. The van der Waals surface area contributed by atoms with Crippen molar-refractivity contribution in [3.05, 3.63) is 0 Å². The van der Waals surface area contributed by atoms with Crippen molar-refractivity contribution < 1.29 is 0 Å². The zero-order valence-electron chi connectivity index (χ0n) is 12.9. The van der Waals surface area contributed by atoms with Gasteiger partial charge in [0.15, 0.2) is 0 Å². The molecule has 0 aliphatic carbocycles. The van der Waals surface area contributed by atoms with E-state index >= 15 is 0 Å². The Labute approximate surface area is 115 Å². The molecule has 0 spiro atoms. The molecule has 0 aromatic rings. The van der Waals surface area contributed by atoms with Gasteiger partial charge in [0.05, 0.1) is 0 Å². The second kappa shape index (κ2) is 9.80. The summed E-state index contributed by atoms with van der Waals surface area (Å²) in [4.78, 5) is 2.77. The second-order valence-electron chi connectivity index (χ2n) is 6.12. The van der Waals surface area contributed by atoms with Crippen molar-refractivity contribution in [2.24, 2.45) is 0 Å². The van der Waals surface area contributed by atoms with Gasteiger partial charge in [0.2, 0.25) is 0 Å². The Morgan fingerprint density at radius 1 is 1.11 bits per heavy atom. The highest BCUT2D eigenvalue weighted by molar-refractivity contribution is 4.74. The molecule has 1 rings (SSSR count). The minimum absolute atomic E-state index is 0.639. The van der Waals surface area contributed by atoms with E-state index < -0.39 is 0 Å². The van der Waals surface area contributed by atoms with Gasteiger partial charge in [0.1, 0.15) is 0 Å². The van der Waals surface area contributed by atoms with Gasteiger partial charge in [-0.3, -0.25) is 0 Å². The topological polar surface area (TPSA) is 15.3 Å². The maximum absolute atomic E-state index is 3.50. The molecule has 1 aliphatic rings. The summed E-state index contributed by atoms with van der Waals surface area (Å²) in [6, 6.07) is 1.52. The standard InChI is InChI=1S/C16H34N2/c1-4-16-11-7-5-9-13-18(16)14-10-6-8-12-17-15(2)3/h15-17H,4-14H2,1-3H3. The largest absolute Gasteiger partial charge is 0.315 e. The van der Waals surface area contributed by atoms with Crippen molar-refractivity contribution >= 4 is 0 Å². The first kappa shape index (κ1) is 16.0. The van der Waals surface area contributed by atoms with E-state index in [2.05, 4.69) is 31.0 Å². The second-order valence-corrected chi connectivity index (χ2v) is 6.12. The molecule has 108 valence electrons. The van der Waals surface area contributed by atoms with Crippen LogP contribution in [0.1, 0.15) is 72.1 Å². The van der Waals surface area contributed by atoms with Gasteiger partial charge < -0.3 is 10.2 Å². The molecule has 1 fully saturated rings. The first-order valence-corrected chi connectivity index (χ1v) is 8.21. The SMILES string of the molecule is CCC1CCCCCN1CCCCCNC(C)C. The van der Waals surface area contributed by atoms with Gasteiger partial charge in [0.25, 0.3) is 0 Å². The third-order valence-electron chi connectivity index (χ3n) is 4.15. The Kier molecular flexibility index (Phi) is 8.70. The van der Waals surface area contributed by atoms with Crippen LogP contribution < -0.4 is 5.32 Å². The fourth-order valence-electron chi connectivity index (χ4n) is 3.00. The van der Waals surface area contributed by atoms with E-state index in [1.807, 2.05) is 0 Å². The quantitative estimate of drug-likeness (QED) is 0.663. The van der Waals surface area contributed by atoms with Crippen LogP contribution in [-0.4, -0.2) is 36.6 Å². The molecule has 0 aromatic carbocycles. The molecule has 0 bridgehead atoms. The van der Waals surface area contributed by atoms with E-state index in [-0.39, 0.29) is 0 Å². The maximum atomic E-state index is 3.50. The van der Waals surface area contributed by atoms with Crippen molar-refractivity contribution in [3.63, 3.8) is 0 Å². The lowest BCUT2D eigenvalue weighted by Crippen LogP contribution is -2.35. The third-order valence-corrected chi connectivity index (χ3v) is 4.15. The molecule has 1 saturated heterocycles. The van der Waals surface area contributed by atoms with E-state index in [0.717, 1.165) is 6.04 Å². The molecule has 1 heterocycles. The first-order chi connectivity index (χ1) is 8.74. The van der Waals surface area contributed by atoms with Crippen molar-refractivity contribution in [2.75, 3.05) is 19.6 Å². The van der Waals surface area contributed by atoms with Crippen molar-refractivity contribution in [2.45, 2.75) is 84.2 Å². The third kappa shape index (κ3) is 6.75. The molecule has 1 N–H and O–H groups in total. The zero-order chi connectivity index (χ0) is 13.2. The van der Waals surface area contributed by atoms with Gasteiger partial charge in [-0.2, -0.15) is 0 Å². The predicted octanol–water partition coefficient (Wildman–Crippen LogP) is 3.81. The fourth-order valence-corrected chi connectivity index (χ4v) is 3.00. The normalized spacial score (nSPS) is 22.3. The van der Waals surface area contributed by atoms with Crippen LogP contribution in [0.5, 0.6) is 0 Å². The van der Waals surface area contributed by atoms with Crippen LogP contribution in [-0.2, 0) is 0 Å². The maximum Gasteiger partial charge on any atom is 0.00926 e. The summed E-state index contributed by atoms with van der Waals surface area (Å²) in [5.41, 5.74) is 0. The van der Waals surface area contributed by atoms with E-state index in [1.54, 1.807) is 0 Å². The van der Waals surface area contributed by atoms with Gasteiger partial charge in [-0.05, 0) is 51.7 Å². The Balaban J connectivity index is 2.08. The molecule has 2 nitrogen and oxygen atoms in total. The Morgan fingerprint density at radius 3 is 2.67 bits per heavy atom. The highest BCUT2D eigenvalue weighted by Gasteiger charge is 2.18. The molecular formula is C16H34N2. The molecule has 1 unspecified atom stereocenters. The van der Waals surface area contributed by atoms with E-state index in [0.29, 0.717) is 6.04 Å². The summed E-state index contributed by atoms with van der Waals surface area (Å²) in [7, 11) is 0. The van der Waals surface area contributed by atoms with Crippen molar-refractivity contribution in [1.29, 1.82) is 0 Å². The number of nitrogens with zero attached hydrogens (tertiary/aromatic N) is 1. The van der Waals surface area contributed by atoms with Crippen LogP contribution in [0.25, 0.3) is 0 Å². The molecule has 0 amide bonds. The Hall–Kier alpha value is -0.0800. The van der Waals surface area contributed by atoms with Gasteiger partial charge in [-0.25, -0.2) is 0 Å². The summed E-state index contributed by atoms with van der Waals surface area (Å²) >= 11 is 0. The summed E-state index contributed by atoms with van der Waals surface area (Å²) < 4.78 is 0. The highest BCUT2D eigenvalue weighted by Crippen LogP contribution is 2.19. The van der Waals surface area contributed by atoms with Crippen LogP contribution in [0, 0.1) is 0 Å². The number of nitrogens with one attached hydrogen (secondary N) is 1. The fraction of sp³-hybridized carbons (Fsp3) is 1.00. The van der Waals surface area contributed by atoms with E-state index in [1.165, 1.54) is 71.0 Å². The lowest BCUT2D eigenvalue weighted by molar-refractivity contribution is 0.190. The van der Waals surface area contributed by atoms with Crippen molar-refractivity contribution in [1.82, 2.24) is 10.2 Å². The number of unbranched alkanes of at least 4 members (excludes halogenated alkanes) is 2. The number of hydrogen-bond acceptors (Lipinski definition) is 2. The van der Waals surface area contributed by atoms with Gasteiger partial charge in [-0.15, -0.1) is 0 Å². The number of likely N-dealkylation sites (tertiary alicyclic amines) is 1. The average Bonchev–Trinajstić information content (AvgIpc) is 2.58. The van der Waals surface area contributed by atoms with Crippen LogP contribution in [0.2, 0.25) is 0 Å². The number of rotatable bonds is 8. The summed E-state index contributed by atoms with van der Waals surface area (Å²) in [5.74, 6) is 0.